The van der Waals surface area contributed by atoms with Crippen molar-refractivity contribution in [3.63, 3.8) is 0 Å². The highest BCUT2D eigenvalue weighted by atomic mass is 16.5. The fraction of sp³-hybridized carbons (Fsp3) is 0.500. The Hall–Kier alpha value is -1.51. The Morgan fingerprint density at radius 3 is 1.94 bits per heavy atom. The number of benzene rings is 1. The highest BCUT2D eigenvalue weighted by molar-refractivity contribution is 5.78. The van der Waals surface area contributed by atoms with Gasteiger partial charge in [-0.15, -0.1) is 0 Å². The number of carbonyl (C=O) groups is 1. The van der Waals surface area contributed by atoms with Gasteiger partial charge in [-0.2, -0.15) is 0 Å². The van der Waals surface area contributed by atoms with E-state index in [0.717, 1.165) is 22.6 Å². The standard InChI is InChI=1S/C14H20O3/c1-9(2)14-12(16-4)7-11(6-10(3)15)8-13(14)17-5/h7-9H,6H2,1-5H3. The number of rotatable bonds is 5. The fourth-order valence-corrected chi connectivity index (χ4v) is 1.95. The second-order valence-electron chi connectivity index (χ2n) is 4.45. The summed E-state index contributed by atoms with van der Waals surface area (Å²) in [7, 11) is 3.27. The molecule has 0 unspecified atom stereocenters. The molecular formula is C14H20O3. The van der Waals surface area contributed by atoms with E-state index >= 15 is 0 Å². The van der Waals surface area contributed by atoms with Gasteiger partial charge in [0, 0.05) is 12.0 Å². The third-order valence-corrected chi connectivity index (χ3v) is 2.63. The monoisotopic (exact) mass is 236 g/mol. The molecular weight excluding hydrogens is 216 g/mol. The number of Topliss-reactive ketones (excluding diaryl/α,β-unsaturated/α-hetero) is 1. The SMILES string of the molecule is COc1cc(CC(C)=O)cc(OC)c1C(C)C. The lowest BCUT2D eigenvalue weighted by molar-refractivity contribution is -0.116. The molecule has 17 heavy (non-hydrogen) atoms. The molecule has 0 spiro atoms. The zero-order valence-corrected chi connectivity index (χ0v) is 11.2. The molecule has 0 amide bonds. The average molecular weight is 236 g/mol. The molecule has 94 valence electrons. The van der Waals surface area contributed by atoms with Crippen molar-refractivity contribution in [2.45, 2.75) is 33.1 Å². The van der Waals surface area contributed by atoms with E-state index in [1.54, 1.807) is 21.1 Å². The van der Waals surface area contributed by atoms with Crippen molar-refractivity contribution in [2.24, 2.45) is 0 Å². The van der Waals surface area contributed by atoms with Gasteiger partial charge in [0.05, 0.1) is 14.2 Å². The molecule has 0 bridgehead atoms. The lowest BCUT2D eigenvalue weighted by Gasteiger charge is -2.17. The van der Waals surface area contributed by atoms with Crippen molar-refractivity contribution in [2.75, 3.05) is 14.2 Å². The van der Waals surface area contributed by atoms with E-state index in [9.17, 15) is 4.79 Å². The summed E-state index contributed by atoms with van der Waals surface area (Å²) in [5.74, 6) is 2.02. The summed E-state index contributed by atoms with van der Waals surface area (Å²) in [6, 6.07) is 3.83. The van der Waals surface area contributed by atoms with Gasteiger partial charge in [0.1, 0.15) is 17.3 Å². The molecule has 0 aromatic heterocycles. The molecule has 0 saturated heterocycles. The number of hydrogen-bond donors (Lipinski definition) is 0. The maximum absolute atomic E-state index is 11.1. The molecule has 0 radical (unpaired) electrons. The molecule has 0 aliphatic rings. The predicted octanol–water partition coefficient (Wildman–Crippen LogP) is 2.96. The summed E-state index contributed by atoms with van der Waals surface area (Å²) >= 11 is 0. The number of hydrogen-bond acceptors (Lipinski definition) is 3. The molecule has 0 atom stereocenters. The molecule has 0 aliphatic heterocycles. The van der Waals surface area contributed by atoms with Gasteiger partial charge in [-0.1, -0.05) is 13.8 Å². The van der Waals surface area contributed by atoms with Crippen LogP contribution < -0.4 is 9.47 Å². The zero-order valence-electron chi connectivity index (χ0n) is 11.2. The second-order valence-corrected chi connectivity index (χ2v) is 4.45. The summed E-state index contributed by atoms with van der Waals surface area (Å²) in [6.07, 6.45) is 0.408. The number of ketones is 1. The minimum atomic E-state index is 0.131. The van der Waals surface area contributed by atoms with Gasteiger partial charge in [-0.05, 0) is 30.5 Å². The van der Waals surface area contributed by atoms with Crippen LogP contribution in [-0.2, 0) is 11.2 Å². The number of carbonyl (C=O) groups excluding carboxylic acids is 1. The Morgan fingerprint density at radius 2 is 1.65 bits per heavy atom. The van der Waals surface area contributed by atoms with Crippen LogP contribution in [0.25, 0.3) is 0 Å². The van der Waals surface area contributed by atoms with Crippen molar-refractivity contribution in [3.05, 3.63) is 23.3 Å². The van der Waals surface area contributed by atoms with Crippen molar-refractivity contribution >= 4 is 5.78 Å². The van der Waals surface area contributed by atoms with Crippen molar-refractivity contribution in [1.29, 1.82) is 0 Å². The summed E-state index contributed by atoms with van der Waals surface area (Å²) in [5, 5.41) is 0. The minimum Gasteiger partial charge on any atom is -0.496 e. The molecule has 0 aliphatic carbocycles. The predicted molar refractivity (Wildman–Crippen MR) is 68.0 cm³/mol. The molecule has 1 aromatic rings. The fourth-order valence-electron chi connectivity index (χ4n) is 1.95. The molecule has 0 fully saturated rings. The lowest BCUT2D eigenvalue weighted by atomic mass is 9.97. The van der Waals surface area contributed by atoms with E-state index in [4.69, 9.17) is 9.47 Å². The maximum Gasteiger partial charge on any atom is 0.134 e. The van der Waals surface area contributed by atoms with Gasteiger partial charge in [0.15, 0.2) is 0 Å². The molecule has 0 N–H and O–H groups in total. The Bertz CT molecular complexity index is 383. The Balaban J connectivity index is 3.28. The topological polar surface area (TPSA) is 35.5 Å². The highest BCUT2D eigenvalue weighted by Crippen LogP contribution is 2.36. The van der Waals surface area contributed by atoms with Crippen LogP contribution >= 0.6 is 0 Å². The number of ether oxygens (including phenoxy) is 2. The van der Waals surface area contributed by atoms with E-state index in [1.807, 2.05) is 12.1 Å². The van der Waals surface area contributed by atoms with E-state index in [1.165, 1.54) is 0 Å². The smallest absolute Gasteiger partial charge is 0.134 e. The Labute approximate surface area is 103 Å². The average Bonchev–Trinajstić information content (AvgIpc) is 2.26. The molecule has 1 rings (SSSR count). The largest absolute Gasteiger partial charge is 0.496 e. The highest BCUT2D eigenvalue weighted by Gasteiger charge is 2.16. The van der Waals surface area contributed by atoms with Crippen LogP contribution in [0.4, 0.5) is 0 Å². The van der Waals surface area contributed by atoms with Gasteiger partial charge in [-0.3, -0.25) is 4.79 Å². The first-order valence-corrected chi connectivity index (χ1v) is 5.73. The summed E-state index contributed by atoms with van der Waals surface area (Å²) in [4.78, 5) is 11.1. The molecule has 3 heteroatoms. The number of methoxy groups -OCH3 is 2. The summed E-state index contributed by atoms with van der Waals surface area (Å²) < 4.78 is 10.8. The minimum absolute atomic E-state index is 0.131. The van der Waals surface area contributed by atoms with Gasteiger partial charge in [0.25, 0.3) is 0 Å². The van der Waals surface area contributed by atoms with Crippen LogP contribution in [0.2, 0.25) is 0 Å². The van der Waals surface area contributed by atoms with Crippen LogP contribution in [0.5, 0.6) is 11.5 Å². The van der Waals surface area contributed by atoms with E-state index in [2.05, 4.69) is 13.8 Å². The van der Waals surface area contributed by atoms with Crippen molar-refractivity contribution in [3.8, 4) is 11.5 Å². The molecule has 3 nitrogen and oxygen atoms in total. The van der Waals surface area contributed by atoms with E-state index < -0.39 is 0 Å². The maximum atomic E-state index is 11.1. The molecule has 0 heterocycles. The Kier molecular flexibility index (Phi) is 4.55. The van der Waals surface area contributed by atoms with Crippen molar-refractivity contribution in [1.82, 2.24) is 0 Å². The summed E-state index contributed by atoms with van der Waals surface area (Å²) in [6.45, 7) is 5.76. The van der Waals surface area contributed by atoms with Gasteiger partial charge >= 0.3 is 0 Å². The van der Waals surface area contributed by atoms with Crippen LogP contribution in [-0.4, -0.2) is 20.0 Å². The van der Waals surface area contributed by atoms with Gasteiger partial charge in [0.2, 0.25) is 0 Å². The third-order valence-electron chi connectivity index (χ3n) is 2.63. The van der Waals surface area contributed by atoms with Crippen LogP contribution in [0.15, 0.2) is 12.1 Å². The molecule has 0 saturated carbocycles. The van der Waals surface area contributed by atoms with E-state index in [-0.39, 0.29) is 5.78 Å². The lowest BCUT2D eigenvalue weighted by Crippen LogP contribution is -2.03. The normalized spacial score (nSPS) is 10.5. The van der Waals surface area contributed by atoms with Crippen LogP contribution in [0.1, 0.15) is 37.8 Å². The zero-order chi connectivity index (χ0) is 13.0. The molecule has 1 aromatic carbocycles. The Morgan fingerprint density at radius 1 is 1.18 bits per heavy atom. The second kappa shape index (κ2) is 5.71. The van der Waals surface area contributed by atoms with Crippen LogP contribution in [0.3, 0.4) is 0 Å². The quantitative estimate of drug-likeness (QED) is 0.788. The first-order chi connectivity index (χ1) is 7.99. The first kappa shape index (κ1) is 13.6. The third kappa shape index (κ3) is 3.22. The first-order valence-electron chi connectivity index (χ1n) is 5.73. The summed E-state index contributed by atoms with van der Waals surface area (Å²) in [5.41, 5.74) is 1.97. The van der Waals surface area contributed by atoms with Crippen LogP contribution in [0, 0.1) is 0 Å². The van der Waals surface area contributed by atoms with Gasteiger partial charge < -0.3 is 9.47 Å². The van der Waals surface area contributed by atoms with E-state index in [0.29, 0.717) is 12.3 Å². The van der Waals surface area contributed by atoms with Gasteiger partial charge in [-0.25, -0.2) is 0 Å². The van der Waals surface area contributed by atoms with Crippen molar-refractivity contribution < 1.29 is 14.3 Å².